The van der Waals surface area contributed by atoms with E-state index in [4.69, 9.17) is 4.74 Å². The van der Waals surface area contributed by atoms with Gasteiger partial charge in [0.1, 0.15) is 5.82 Å². The monoisotopic (exact) mass is 407 g/mol. The van der Waals surface area contributed by atoms with E-state index in [9.17, 15) is 13.4 Å². The number of esters is 1. The van der Waals surface area contributed by atoms with E-state index in [-0.39, 0.29) is 18.6 Å². The Labute approximate surface area is 147 Å². The summed E-state index contributed by atoms with van der Waals surface area (Å²) in [4.78, 5) is 12.0. The van der Waals surface area contributed by atoms with Crippen molar-refractivity contribution < 1.29 is 18.1 Å². The minimum Gasteiger partial charge on any atom is -0.466 e. The average Bonchev–Trinajstić information content (AvgIpc) is 2.40. The second kappa shape index (κ2) is 7.85. The van der Waals surface area contributed by atoms with E-state index in [2.05, 4.69) is 20.7 Å². The maximum atomic E-state index is 14.3. The van der Waals surface area contributed by atoms with Crippen LogP contribution in [-0.4, -0.2) is 21.5 Å². The molecule has 0 bridgehead atoms. The number of hydrogen-bond donors (Lipinski definition) is 1. The SMILES string of the molecule is CCOC(=O)C[C@](C)(N[S@@](=O)C(C)(C)C)c1cc(Br)ccc1F. The topological polar surface area (TPSA) is 55.4 Å². The minimum atomic E-state index is -1.48. The maximum absolute atomic E-state index is 14.3. The molecule has 0 aliphatic carbocycles. The summed E-state index contributed by atoms with van der Waals surface area (Å²) in [5, 5.41) is 0. The first-order valence-corrected chi connectivity index (χ1v) is 9.24. The summed E-state index contributed by atoms with van der Waals surface area (Å²) < 4.78 is 34.9. The van der Waals surface area contributed by atoms with Crippen LogP contribution in [0.1, 0.15) is 46.6 Å². The maximum Gasteiger partial charge on any atom is 0.308 e. The lowest BCUT2D eigenvalue weighted by molar-refractivity contribution is -0.144. The molecule has 7 heteroatoms. The molecule has 0 radical (unpaired) electrons. The molecule has 0 fully saturated rings. The minimum absolute atomic E-state index is 0.129. The zero-order chi connectivity index (χ0) is 17.8. The van der Waals surface area contributed by atoms with Crippen LogP contribution in [0.5, 0.6) is 0 Å². The zero-order valence-corrected chi connectivity index (χ0v) is 16.4. The Balaban J connectivity index is 3.27. The highest BCUT2D eigenvalue weighted by atomic mass is 79.9. The molecule has 0 saturated heterocycles. The third-order valence-corrected chi connectivity index (χ3v) is 5.44. The van der Waals surface area contributed by atoms with Crippen LogP contribution in [0.4, 0.5) is 4.39 Å². The fraction of sp³-hybridized carbons (Fsp3) is 0.562. The molecule has 1 rings (SSSR count). The number of rotatable bonds is 6. The first-order valence-electron chi connectivity index (χ1n) is 7.30. The third kappa shape index (κ3) is 5.65. The summed E-state index contributed by atoms with van der Waals surface area (Å²) in [6, 6.07) is 4.47. The zero-order valence-electron chi connectivity index (χ0n) is 14.0. The molecular weight excluding hydrogens is 385 g/mol. The Kier molecular flexibility index (Phi) is 6.92. The Hall–Kier alpha value is -0.790. The first-order chi connectivity index (χ1) is 10.5. The lowest BCUT2D eigenvalue weighted by Gasteiger charge is -2.33. The number of benzene rings is 1. The second-order valence-electron chi connectivity index (χ2n) is 6.42. The predicted octanol–water partition coefficient (Wildman–Crippen LogP) is 3.81. The van der Waals surface area contributed by atoms with Crippen LogP contribution in [0, 0.1) is 5.82 Å². The molecule has 0 aliphatic rings. The van der Waals surface area contributed by atoms with Gasteiger partial charge in [0, 0.05) is 10.0 Å². The van der Waals surface area contributed by atoms with Crippen molar-refractivity contribution in [3.8, 4) is 0 Å². The van der Waals surface area contributed by atoms with Crippen molar-refractivity contribution in [1.82, 2.24) is 4.72 Å². The van der Waals surface area contributed by atoms with Gasteiger partial charge in [-0.2, -0.15) is 0 Å². The highest BCUT2D eigenvalue weighted by Gasteiger charge is 2.37. The lowest BCUT2D eigenvalue weighted by atomic mass is 9.89. The van der Waals surface area contributed by atoms with Gasteiger partial charge in [0.25, 0.3) is 0 Å². The second-order valence-corrected chi connectivity index (χ2v) is 9.30. The van der Waals surface area contributed by atoms with Crippen LogP contribution < -0.4 is 4.72 Å². The van der Waals surface area contributed by atoms with Crippen LogP contribution in [0.25, 0.3) is 0 Å². The molecule has 0 amide bonds. The Morgan fingerprint density at radius 3 is 2.48 bits per heavy atom. The molecule has 0 unspecified atom stereocenters. The van der Waals surface area contributed by atoms with E-state index < -0.39 is 33.1 Å². The van der Waals surface area contributed by atoms with E-state index in [0.29, 0.717) is 4.47 Å². The van der Waals surface area contributed by atoms with Crippen molar-refractivity contribution in [3.63, 3.8) is 0 Å². The van der Waals surface area contributed by atoms with Crippen molar-refractivity contribution in [2.24, 2.45) is 0 Å². The van der Waals surface area contributed by atoms with E-state index in [1.54, 1.807) is 46.8 Å². The fourth-order valence-electron chi connectivity index (χ4n) is 1.97. The largest absolute Gasteiger partial charge is 0.466 e. The normalized spacial score (nSPS) is 15.8. The quantitative estimate of drug-likeness (QED) is 0.729. The van der Waals surface area contributed by atoms with E-state index >= 15 is 0 Å². The molecule has 4 nitrogen and oxygen atoms in total. The summed E-state index contributed by atoms with van der Waals surface area (Å²) in [5.74, 6) is -0.953. The molecule has 1 aromatic carbocycles. The smallest absolute Gasteiger partial charge is 0.308 e. The summed E-state index contributed by atoms with van der Waals surface area (Å²) in [6.07, 6.45) is -0.129. The molecule has 0 spiro atoms. The van der Waals surface area contributed by atoms with Crippen molar-refractivity contribution >= 4 is 32.9 Å². The molecule has 1 aromatic rings. The third-order valence-electron chi connectivity index (χ3n) is 3.20. The number of carbonyl (C=O) groups is 1. The highest BCUT2D eigenvalue weighted by molar-refractivity contribution is 9.10. The van der Waals surface area contributed by atoms with Gasteiger partial charge in [0.05, 0.1) is 34.3 Å². The van der Waals surface area contributed by atoms with Crippen LogP contribution in [0.3, 0.4) is 0 Å². The van der Waals surface area contributed by atoms with Crippen molar-refractivity contribution in [1.29, 1.82) is 0 Å². The number of ether oxygens (including phenoxy) is 1. The fourth-order valence-corrected chi connectivity index (χ4v) is 3.22. The lowest BCUT2D eigenvalue weighted by Crippen LogP contribution is -2.48. The molecule has 0 aliphatic heterocycles. The molecule has 0 aromatic heterocycles. The van der Waals surface area contributed by atoms with Crippen molar-refractivity contribution in [3.05, 3.63) is 34.1 Å². The molecular formula is C16H23BrFNO3S. The average molecular weight is 408 g/mol. The van der Waals surface area contributed by atoms with E-state index in [0.717, 1.165) is 0 Å². The summed E-state index contributed by atoms with van der Waals surface area (Å²) in [5.41, 5.74) is -0.893. The van der Waals surface area contributed by atoms with E-state index in [1.165, 1.54) is 6.07 Å². The van der Waals surface area contributed by atoms with Gasteiger partial charge < -0.3 is 4.74 Å². The molecule has 0 saturated carbocycles. The van der Waals surface area contributed by atoms with Crippen LogP contribution in [0.15, 0.2) is 22.7 Å². The molecule has 23 heavy (non-hydrogen) atoms. The molecule has 2 atom stereocenters. The number of nitrogens with one attached hydrogen (secondary N) is 1. The van der Waals surface area contributed by atoms with Crippen molar-refractivity contribution in [2.75, 3.05) is 6.61 Å². The summed E-state index contributed by atoms with van der Waals surface area (Å²) in [6.45, 7) is 9.00. The van der Waals surface area contributed by atoms with Crippen LogP contribution in [-0.2, 0) is 26.1 Å². The summed E-state index contributed by atoms with van der Waals surface area (Å²) in [7, 11) is -1.48. The standard InChI is InChI=1S/C16H23BrFNO3S/c1-6-22-14(20)10-16(5,19-23(21)15(2,3)4)12-9-11(17)7-8-13(12)18/h7-9,19H,6,10H2,1-5H3/t16-,23-/m0/s1. The molecule has 130 valence electrons. The van der Waals surface area contributed by atoms with Gasteiger partial charge in [-0.15, -0.1) is 0 Å². The van der Waals surface area contributed by atoms with Gasteiger partial charge in [0.15, 0.2) is 0 Å². The van der Waals surface area contributed by atoms with E-state index in [1.807, 2.05) is 0 Å². The van der Waals surface area contributed by atoms with Gasteiger partial charge in [-0.25, -0.2) is 13.3 Å². The van der Waals surface area contributed by atoms with Gasteiger partial charge in [-0.05, 0) is 52.8 Å². The van der Waals surface area contributed by atoms with Gasteiger partial charge >= 0.3 is 5.97 Å². The Bertz CT molecular complexity index is 603. The van der Waals surface area contributed by atoms with Gasteiger partial charge in [-0.3, -0.25) is 4.79 Å². The van der Waals surface area contributed by atoms with Crippen LogP contribution >= 0.6 is 15.9 Å². The Morgan fingerprint density at radius 2 is 1.96 bits per heavy atom. The van der Waals surface area contributed by atoms with Crippen LogP contribution in [0.2, 0.25) is 0 Å². The highest BCUT2D eigenvalue weighted by Crippen LogP contribution is 2.31. The number of hydrogen-bond acceptors (Lipinski definition) is 3. The molecule has 1 N–H and O–H groups in total. The Morgan fingerprint density at radius 1 is 1.35 bits per heavy atom. The van der Waals surface area contributed by atoms with Gasteiger partial charge in [0.2, 0.25) is 0 Å². The first kappa shape index (κ1) is 20.3. The molecule has 0 heterocycles. The summed E-state index contributed by atoms with van der Waals surface area (Å²) >= 11 is 3.30. The van der Waals surface area contributed by atoms with Gasteiger partial charge in [-0.1, -0.05) is 15.9 Å². The number of carbonyl (C=O) groups excluding carboxylic acids is 1. The predicted molar refractivity (Wildman–Crippen MR) is 93.7 cm³/mol. The van der Waals surface area contributed by atoms with Crippen molar-refractivity contribution in [2.45, 2.75) is 51.3 Å². The number of halogens is 2.